The molecular formula is C16H31NO. The van der Waals surface area contributed by atoms with Gasteiger partial charge in [0.15, 0.2) is 0 Å². The minimum Gasteiger partial charge on any atom is -0.377 e. The van der Waals surface area contributed by atoms with Gasteiger partial charge in [0.25, 0.3) is 0 Å². The maximum atomic E-state index is 5.93. The first-order valence-corrected chi connectivity index (χ1v) is 8.13. The third-order valence-corrected chi connectivity index (χ3v) is 5.14. The average Bonchev–Trinajstić information content (AvgIpc) is 2.97. The highest BCUT2D eigenvalue weighted by Gasteiger charge is 2.40. The second-order valence-corrected chi connectivity index (χ2v) is 6.24. The van der Waals surface area contributed by atoms with Crippen LogP contribution in [-0.2, 0) is 4.74 Å². The SMILES string of the molecule is CCNC(CC1CC2CCC1C2)C(CC)OCC. The van der Waals surface area contributed by atoms with Crippen LogP contribution in [0.5, 0.6) is 0 Å². The molecule has 0 heterocycles. The van der Waals surface area contributed by atoms with Crippen LogP contribution in [-0.4, -0.2) is 25.3 Å². The van der Waals surface area contributed by atoms with Gasteiger partial charge in [0.1, 0.15) is 0 Å². The number of hydrogen-bond acceptors (Lipinski definition) is 2. The lowest BCUT2D eigenvalue weighted by atomic mass is 9.83. The van der Waals surface area contributed by atoms with Crippen LogP contribution in [0.25, 0.3) is 0 Å². The molecule has 106 valence electrons. The number of nitrogens with one attached hydrogen (secondary N) is 1. The van der Waals surface area contributed by atoms with Crippen LogP contribution in [0.2, 0.25) is 0 Å². The van der Waals surface area contributed by atoms with Gasteiger partial charge in [-0.05, 0) is 63.3 Å². The van der Waals surface area contributed by atoms with E-state index in [-0.39, 0.29) is 0 Å². The van der Waals surface area contributed by atoms with Gasteiger partial charge in [0.2, 0.25) is 0 Å². The maximum Gasteiger partial charge on any atom is 0.0725 e. The van der Waals surface area contributed by atoms with E-state index in [0.29, 0.717) is 12.1 Å². The summed E-state index contributed by atoms with van der Waals surface area (Å²) < 4.78 is 5.93. The van der Waals surface area contributed by atoms with E-state index in [1.54, 1.807) is 0 Å². The third-order valence-electron chi connectivity index (χ3n) is 5.14. The van der Waals surface area contributed by atoms with Gasteiger partial charge < -0.3 is 10.1 Å². The minimum atomic E-state index is 0.411. The van der Waals surface area contributed by atoms with Crippen molar-refractivity contribution in [3.05, 3.63) is 0 Å². The highest BCUT2D eigenvalue weighted by Crippen LogP contribution is 2.50. The van der Waals surface area contributed by atoms with Crippen LogP contribution < -0.4 is 5.32 Å². The quantitative estimate of drug-likeness (QED) is 0.713. The summed E-state index contributed by atoms with van der Waals surface area (Å²) >= 11 is 0. The lowest BCUT2D eigenvalue weighted by Crippen LogP contribution is -2.43. The average molecular weight is 253 g/mol. The molecule has 2 aliphatic rings. The van der Waals surface area contributed by atoms with Crippen molar-refractivity contribution in [1.82, 2.24) is 5.32 Å². The van der Waals surface area contributed by atoms with Crippen LogP contribution in [0.3, 0.4) is 0 Å². The summed E-state index contributed by atoms with van der Waals surface area (Å²) in [7, 11) is 0. The molecule has 2 saturated carbocycles. The van der Waals surface area contributed by atoms with E-state index < -0.39 is 0 Å². The third kappa shape index (κ3) is 3.27. The van der Waals surface area contributed by atoms with Gasteiger partial charge >= 0.3 is 0 Å². The summed E-state index contributed by atoms with van der Waals surface area (Å²) in [5.74, 6) is 3.08. The molecule has 2 rings (SSSR count). The van der Waals surface area contributed by atoms with E-state index in [1.807, 2.05) is 0 Å². The Balaban J connectivity index is 1.88. The van der Waals surface area contributed by atoms with Crippen molar-refractivity contribution in [1.29, 1.82) is 0 Å². The highest BCUT2D eigenvalue weighted by molar-refractivity contribution is 4.93. The zero-order valence-electron chi connectivity index (χ0n) is 12.5. The monoisotopic (exact) mass is 253 g/mol. The molecule has 0 saturated heterocycles. The summed E-state index contributed by atoms with van der Waals surface area (Å²) in [5, 5.41) is 3.68. The summed E-state index contributed by atoms with van der Waals surface area (Å²) in [6, 6.07) is 0.573. The van der Waals surface area contributed by atoms with Crippen LogP contribution in [0, 0.1) is 17.8 Å². The van der Waals surface area contributed by atoms with Crippen molar-refractivity contribution >= 4 is 0 Å². The minimum absolute atomic E-state index is 0.411. The van der Waals surface area contributed by atoms with E-state index in [1.165, 1.54) is 32.1 Å². The zero-order valence-corrected chi connectivity index (χ0v) is 12.5. The van der Waals surface area contributed by atoms with Crippen LogP contribution >= 0.6 is 0 Å². The molecule has 5 unspecified atom stereocenters. The molecule has 18 heavy (non-hydrogen) atoms. The molecule has 2 heteroatoms. The highest BCUT2D eigenvalue weighted by atomic mass is 16.5. The molecule has 5 atom stereocenters. The van der Waals surface area contributed by atoms with Crippen molar-refractivity contribution in [2.75, 3.05) is 13.2 Å². The summed E-state index contributed by atoms with van der Waals surface area (Å²) in [6.07, 6.45) is 8.91. The van der Waals surface area contributed by atoms with Crippen LogP contribution in [0.1, 0.15) is 59.3 Å². The van der Waals surface area contributed by atoms with Crippen molar-refractivity contribution in [3.8, 4) is 0 Å². The van der Waals surface area contributed by atoms with Gasteiger partial charge in [-0.15, -0.1) is 0 Å². The van der Waals surface area contributed by atoms with Gasteiger partial charge in [-0.25, -0.2) is 0 Å². The molecule has 2 nitrogen and oxygen atoms in total. The largest absolute Gasteiger partial charge is 0.377 e. The van der Waals surface area contributed by atoms with E-state index in [4.69, 9.17) is 4.74 Å². The summed E-state index contributed by atoms with van der Waals surface area (Å²) in [4.78, 5) is 0. The van der Waals surface area contributed by atoms with Crippen molar-refractivity contribution in [2.45, 2.75) is 71.4 Å². The molecule has 0 aliphatic heterocycles. The lowest BCUT2D eigenvalue weighted by Gasteiger charge is -2.32. The second-order valence-electron chi connectivity index (χ2n) is 6.24. The summed E-state index contributed by atoms with van der Waals surface area (Å²) in [6.45, 7) is 8.49. The molecular weight excluding hydrogens is 222 g/mol. The Bertz CT molecular complexity index is 243. The fourth-order valence-corrected chi connectivity index (χ4v) is 4.35. The Morgan fingerprint density at radius 2 is 2.00 bits per heavy atom. The van der Waals surface area contributed by atoms with Crippen LogP contribution in [0.15, 0.2) is 0 Å². The number of hydrogen-bond donors (Lipinski definition) is 1. The smallest absolute Gasteiger partial charge is 0.0725 e. The predicted octanol–water partition coefficient (Wildman–Crippen LogP) is 3.61. The second kappa shape index (κ2) is 6.91. The Labute approximate surface area is 113 Å². The normalized spacial score (nSPS) is 33.8. The fourth-order valence-electron chi connectivity index (χ4n) is 4.35. The van der Waals surface area contributed by atoms with E-state index >= 15 is 0 Å². The first-order valence-electron chi connectivity index (χ1n) is 8.13. The molecule has 0 aromatic carbocycles. The van der Waals surface area contributed by atoms with Gasteiger partial charge in [-0.1, -0.05) is 20.3 Å². The Hall–Kier alpha value is -0.0800. The molecule has 0 aromatic heterocycles. The Morgan fingerprint density at radius 3 is 2.50 bits per heavy atom. The van der Waals surface area contributed by atoms with Gasteiger partial charge in [0, 0.05) is 12.6 Å². The first-order chi connectivity index (χ1) is 8.78. The molecule has 2 bridgehead atoms. The number of rotatable bonds is 8. The Morgan fingerprint density at radius 1 is 1.17 bits per heavy atom. The van der Waals surface area contributed by atoms with Crippen molar-refractivity contribution in [2.24, 2.45) is 17.8 Å². The maximum absolute atomic E-state index is 5.93. The fraction of sp³-hybridized carbons (Fsp3) is 1.00. The standard InChI is InChI=1S/C16H31NO/c1-4-16(18-6-3)15(17-5-2)11-14-10-12-7-8-13(14)9-12/h12-17H,4-11H2,1-3H3. The lowest BCUT2D eigenvalue weighted by molar-refractivity contribution is 0.0230. The number of ether oxygens (including phenoxy) is 1. The molecule has 2 aliphatic carbocycles. The molecule has 0 radical (unpaired) electrons. The van der Waals surface area contributed by atoms with Crippen LogP contribution in [0.4, 0.5) is 0 Å². The molecule has 0 aromatic rings. The Kier molecular flexibility index (Phi) is 5.50. The van der Waals surface area contributed by atoms with Crippen molar-refractivity contribution in [3.63, 3.8) is 0 Å². The van der Waals surface area contributed by atoms with Gasteiger partial charge in [0.05, 0.1) is 6.10 Å². The predicted molar refractivity (Wildman–Crippen MR) is 76.7 cm³/mol. The molecule has 2 fully saturated rings. The molecule has 1 N–H and O–H groups in total. The first kappa shape index (κ1) is 14.3. The zero-order chi connectivity index (χ0) is 13.0. The van der Waals surface area contributed by atoms with E-state index in [9.17, 15) is 0 Å². The van der Waals surface area contributed by atoms with Gasteiger partial charge in [-0.2, -0.15) is 0 Å². The van der Waals surface area contributed by atoms with Crippen molar-refractivity contribution < 1.29 is 4.74 Å². The topological polar surface area (TPSA) is 21.3 Å². The van der Waals surface area contributed by atoms with E-state index in [2.05, 4.69) is 26.1 Å². The molecule has 0 amide bonds. The number of likely N-dealkylation sites (N-methyl/N-ethyl adjacent to an activating group) is 1. The number of fused-ring (bicyclic) bond motifs is 2. The molecule has 0 spiro atoms. The summed E-state index contributed by atoms with van der Waals surface area (Å²) in [5.41, 5.74) is 0. The van der Waals surface area contributed by atoms with E-state index in [0.717, 1.165) is 37.3 Å². The van der Waals surface area contributed by atoms with Gasteiger partial charge in [-0.3, -0.25) is 0 Å².